The molecule has 2 amide bonds. The number of carbonyl (C=O) groups excluding carboxylic acids is 2. The molecule has 0 saturated carbocycles. The highest BCUT2D eigenvalue weighted by molar-refractivity contribution is 6.56. The Hall–Kier alpha value is -6.54. The Morgan fingerprint density at radius 2 is 0.941 bits per heavy atom. The largest absolute Gasteiger partial charge is 0.282 e. The first-order valence-corrected chi connectivity index (χ1v) is 16.4. The fourth-order valence-corrected chi connectivity index (χ4v) is 6.09. The number of aliphatic imine (C=N–C) groups is 2. The molecule has 51 heavy (non-hydrogen) atoms. The average Bonchev–Trinajstić information content (AvgIpc) is 3.58. The van der Waals surface area contributed by atoms with E-state index < -0.39 is 5.92 Å². The van der Waals surface area contributed by atoms with Crippen molar-refractivity contribution in [2.45, 2.75) is 19.8 Å². The van der Waals surface area contributed by atoms with Crippen molar-refractivity contribution in [3.05, 3.63) is 180 Å². The molecule has 0 N–H and O–H groups in total. The molecule has 0 spiro atoms. The zero-order valence-electron chi connectivity index (χ0n) is 27.9. The van der Waals surface area contributed by atoms with Crippen LogP contribution in [0, 0.1) is 6.92 Å². The third-order valence-corrected chi connectivity index (χ3v) is 8.48. The number of benzene rings is 6. The number of halogens is 2. The van der Waals surface area contributed by atoms with Crippen LogP contribution in [0.1, 0.15) is 29.2 Å². The lowest BCUT2D eigenvalue weighted by Gasteiger charge is -2.16. The molecule has 0 fully saturated rings. The molecule has 0 radical (unpaired) electrons. The summed E-state index contributed by atoms with van der Waals surface area (Å²) in [4.78, 5) is 38.5. The quantitative estimate of drug-likeness (QED) is 0.183. The number of fused-ring (bicyclic) bond motifs is 2. The van der Waals surface area contributed by atoms with E-state index in [0.717, 1.165) is 46.5 Å². The first-order valence-electron chi connectivity index (χ1n) is 16.4. The van der Waals surface area contributed by atoms with Crippen LogP contribution in [-0.2, 0) is 15.5 Å². The van der Waals surface area contributed by atoms with E-state index in [2.05, 4.69) is 9.98 Å². The van der Waals surface area contributed by atoms with E-state index in [-0.39, 0.29) is 23.1 Å². The molecule has 8 rings (SSSR count). The summed E-state index contributed by atoms with van der Waals surface area (Å²) >= 11 is 0. The van der Waals surface area contributed by atoms with Gasteiger partial charge in [-0.3, -0.25) is 19.4 Å². The topological polar surface area (TPSA) is 65.3 Å². The molecular weight excluding hydrogens is 642 g/mol. The zero-order chi connectivity index (χ0) is 35.5. The lowest BCUT2D eigenvalue weighted by molar-refractivity contribution is -0.112. The molecule has 0 aliphatic carbocycles. The fraction of sp³-hybridized carbons (Fsp3) is 0.0698. The smallest absolute Gasteiger partial charge is 0.275 e. The highest BCUT2D eigenvalue weighted by atomic mass is 19.3. The second kappa shape index (κ2) is 13.8. The molecule has 6 aromatic rings. The summed E-state index contributed by atoms with van der Waals surface area (Å²) < 4.78 is 27.2. The molecule has 0 unspecified atom stereocenters. The number of aryl methyl sites for hydroxylation is 1. The maximum Gasteiger partial charge on any atom is 0.282 e. The van der Waals surface area contributed by atoms with Crippen molar-refractivity contribution in [1.29, 1.82) is 0 Å². The molecule has 250 valence electrons. The summed E-state index contributed by atoms with van der Waals surface area (Å²) in [6.45, 7) is 2.86. The van der Waals surface area contributed by atoms with Gasteiger partial charge in [-0.25, -0.2) is 18.8 Å². The molecule has 0 saturated heterocycles. The van der Waals surface area contributed by atoms with E-state index in [1.807, 2.05) is 140 Å². The SMILES string of the molecule is CC(F)(F)c1cccc(N=C2C(=O)N(c3ccccc3)c3ccccc32)c1.Cc1cccc(N=C2C(=O)N(c3ccccc3)c3ccccc32)c1. The van der Waals surface area contributed by atoms with Gasteiger partial charge >= 0.3 is 0 Å². The van der Waals surface area contributed by atoms with Crippen molar-refractivity contribution in [3.8, 4) is 0 Å². The van der Waals surface area contributed by atoms with Gasteiger partial charge in [-0.05, 0) is 73.2 Å². The standard InChI is InChI=1S/C22H16F2N2O.C21H16N2O/c1-22(23,24)15-8-7-9-16(14-15)25-20-18-12-5-6-13-19(18)26(21(20)27)17-10-3-2-4-11-17;1-15-8-7-9-16(14-15)22-20-18-12-5-6-13-19(18)23(21(20)24)17-10-3-2-4-11-17/h2-14H,1H3;2-14H,1H3. The van der Waals surface area contributed by atoms with Gasteiger partial charge in [-0.15, -0.1) is 0 Å². The number of nitrogens with zero attached hydrogens (tertiary/aromatic N) is 4. The number of hydrogen-bond donors (Lipinski definition) is 0. The average molecular weight is 675 g/mol. The highest BCUT2D eigenvalue weighted by Crippen LogP contribution is 2.38. The normalized spacial score (nSPS) is 15.1. The number of alkyl halides is 2. The second-order valence-corrected chi connectivity index (χ2v) is 12.2. The molecule has 0 aromatic heterocycles. The molecule has 6 aromatic carbocycles. The third-order valence-electron chi connectivity index (χ3n) is 8.48. The molecule has 6 nitrogen and oxygen atoms in total. The number of amides is 2. The molecule has 2 aliphatic rings. The summed E-state index contributed by atoms with van der Waals surface area (Å²) in [6, 6.07) is 47.7. The predicted octanol–water partition coefficient (Wildman–Crippen LogP) is 10.4. The van der Waals surface area contributed by atoms with Crippen LogP contribution in [0.5, 0.6) is 0 Å². The number of para-hydroxylation sites is 4. The van der Waals surface area contributed by atoms with Gasteiger partial charge in [0, 0.05) is 35.0 Å². The van der Waals surface area contributed by atoms with Crippen molar-refractivity contribution in [2.24, 2.45) is 9.98 Å². The van der Waals surface area contributed by atoms with Crippen LogP contribution in [-0.4, -0.2) is 23.2 Å². The Labute approximate surface area is 294 Å². The number of hydrogen-bond acceptors (Lipinski definition) is 4. The zero-order valence-corrected chi connectivity index (χ0v) is 27.9. The summed E-state index contributed by atoms with van der Waals surface area (Å²) in [5.41, 5.74) is 7.56. The lowest BCUT2D eigenvalue weighted by Crippen LogP contribution is -2.25. The van der Waals surface area contributed by atoms with Crippen LogP contribution in [0.15, 0.2) is 168 Å². The Bertz CT molecular complexity index is 2310. The molecule has 2 heterocycles. The number of rotatable bonds is 5. The van der Waals surface area contributed by atoms with E-state index in [4.69, 9.17) is 0 Å². The van der Waals surface area contributed by atoms with Crippen LogP contribution in [0.4, 0.5) is 42.9 Å². The van der Waals surface area contributed by atoms with E-state index in [1.165, 1.54) is 18.2 Å². The van der Waals surface area contributed by atoms with Crippen molar-refractivity contribution < 1.29 is 18.4 Å². The van der Waals surface area contributed by atoms with Crippen molar-refractivity contribution in [3.63, 3.8) is 0 Å². The molecule has 2 aliphatic heterocycles. The Morgan fingerprint density at radius 3 is 1.41 bits per heavy atom. The summed E-state index contributed by atoms with van der Waals surface area (Å²) in [5.74, 6) is -3.34. The van der Waals surface area contributed by atoms with E-state index in [1.54, 1.807) is 15.9 Å². The van der Waals surface area contributed by atoms with Gasteiger partial charge in [0.2, 0.25) is 0 Å². The first-order chi connectivity index (χ1) is 24.7. The number of carbonyl (C=O) groups is 2. The van der Waals surface area contributed by atoms with E-state index in [9.17, 15) is 18.4 Å². The minimum atomic E-state index is -2.97. The lowest BCUT2D eigenvalue weighted by atomic mass is 10.1. The first kappa shape index (κ1) is 33.0. The van der Waals surface area contributed by atoms with E-state index >= 15 is 0 Å². The second-order valence-electron chi connectivity index (χ2n) is 12.2. The Balaban J connectivity index is 0.000000160. The summed E-state index contributed by atoms with van der Waals surface area (Å²) in [7, 11) is 0. The van der Waals surface area contributed by atoms with Crippen LogP contribution < -0.4 is 9.80 Å². The summed E-state index contributed by atoms with van der Waals surface area (Å²) in [5, 5.41) is 0. The summed E-state index contributed by atoms with van der Waals surface area (Å²) in [6.07, 6.45) is 0. The van der Waals surface area contributed by atoms with Gasteiger partial charge in [-0.1, -0.05) is 97.1 Å². The minimum Gasteiger partial charge on any atom is -0.275 e. The van der Waals surface area contributed by atoms with Gasteiger partial charge < -0.3 is 0 Å². The Kier molecular flexibility index (Phi) is 8.90. The molecule has 0 bridgehead atoms. The van der Waals surface area contributed by atoms with Crippen LogP contribution in [0.2, 0.25) is 0 Å². The van der Waals surface area contributed by atoms with E-state index in [0.29, 0.717) is 17.0 Å². The van der Waals surface area contributed by atoms with Crippen molar-refractivity contribution >= 4 is 57.4 Å². The monoisotopic (exact) mass is 674 g/mol. The van der Waals surface area contributed by atoms with Crippen molar-refractivity contribution in [2.75, 3.05) is 9.80 Å². The predicted molar refractivity (Wildman–Crippen MR) is 200 cm³/mol. The number of anilines is 4. The third kappa shape index (κ3) is 6.72. The van der Waals surface area contributed by atoms with Crippen LogP contribution in [0.25, 0.3) is 0 Å². The van der Waals surface area contributed by atoms with Crippen LogP contribution in [0.3, 0.4) is 0 Å². The van der Waals surface area contributed by atoms with Gasteiger partial charge in [0.25, 0.3) is 17.7 Å². The van der Waals surface area contributed by atoms with Gasteiger partial charge in [0.05, 0.1) is 22.7 Å². The van der Waals surface area contributed by atoms with Gasteiger partial charge in [-0.2, -0.15) is 0 Å². The molecule has 0 atom stereocenters. The van der Waals surface area contributed by atoms with Crippen LogP contribution >= 0.6 is 0 Å². The maximum atomic E-state index is 13.6. The highest BCUT2D eigenvalue weighted by Gasteiger charge is 2.36. The maximum absolute atomic E-state index is 13.6. The fourth-order valence-electron chi connectivity index (χ4n) is 6.09. The van der Waals surface area contributed by atoms with Crippen molar-refractivity contribution in [1.82, 2.24) is 0 Å². The van der Waals surface area contributed by atoms with Gasteiger partial charge in [0.15, 0.2) is 0 Å². The Morgan fingerprint density at radius 1 is 0.510 bits per heavy atom. The minimum absolute atomic E-state index is 0.0936. The molecule has 8 heteroatoms. The van der Waals surface area contributed by atoms with Gasteiger partial charge in [0.1, 0.15) is 11.4 Å². The molecular formula is C43H32F2N4O2.